The van der Waals surface area contributed by atoms with Crippen LogP contribution in [0.2, 0.25) is 0 Å². The van der Waals surface area contributed by atoms with Gasteiger partial charge in [-0.3, -0.25) is 4.79 Å². The molecule has 0 saturated carbocycles. The minimum absolute atomic E-state index is 0. The molecule has 1 amide bonds. The Morgan fingerprint density at radius 3 is 2.61 bits per heavy atom. The van der Waals surface area contributed by atoms with Crippen LogP contribution in [-0.2, 0) is 0 Å². The summed E-state index contributed by atoms with van der Waals surface area (Å²) in [6, 6.07) is 7.28. The number of hydrogen-bond acceptors (Lipinski definition) is 3. The Bertz CT molecular complexity index is 359. The van der Waals surface area contributed by atoms with Crippen LogP contribution >= 0.6 is 12.4 Å². The fourth-order valence-electron chi connectivity index (χ4n) is 1.47. The van der Waals surface area contributed by atoms with Gasteiger partial charge in [0.05, 0.1) is 12.2 Å². The zero-order chi connectivity index (χ0) is 12.5. The monoisotopic (exact) mass is 272 g/mol. The number of para-hydroxylation sites is 1. The number of ether oxygens (including phenoxy) is 1. The quantitative estimate of drug-likeness (QED) is 0.745. The highest BCUT2D eigenvalue weighted by Gasteiger charge is 2.10. The summed E-state index contributed by atoms with van der Waals surface area (Å²) in [5, 5.41) is 6.00. The number of likely N-dealkylation sites (N-methyl/N-ethyl adjacent to an activating group) is 1. The van der Waals surface area contributed by atoms with E-state index in [-0.39, 0.29) is 18.3 Å². The highest BCUT2D eigenvalue weighted by atomic mass is 35.5. The molecule has 4 nitrogen and oxygen atoms in total. The molecule has 0 aliphatic heterocycles. The van der Waals surface area contributed by atoms with Crippen molar-refractivity contribution < 1.29 is 9.53 Å². The van der Waals surface area contributed by atoms with Crippen molar-refractivity contribution in [2.75, 3.05) is 26.2 Å². The third-order valence-corrected chi connectivity index (χ3v) is 2.27. The summed E-state index contributed by atoms with van der Waals surface area (Å²) < 4.78 is 5.41. The first-order valence-corrected chi connectivity index (χ1v) is 6.00. The number of amides is 1. The van der Waals surface area contributed by atoms with E-state index < -0.39 is 0 Å². The predicted molar refractivity (Wildman–Crippen MR) is 75.7 cm³/mol. The number of rotatable bonds is 7. The van der Waals surface area contributed by atoms with Gasteiger partial charge in [-0.1, -0.05) is 19.1 Å². The summed E-state index contributed by atoms with van der Waals surface area (Å²) in [5.41, 5.74) is 0.589. The zero-order valence-electron chi connectivity index (χ0n) is 10.9. The number of carbonyl (C=O) groups excluding carboxylic acids is 1. The van der Waals surface area contributed by atoms with Crippen LogP contribution < -0.4 is 15.4 Å². The molecule has 1 aromatic carbocycles. The highest BCUT2D eigenvalue weighted by molar-refractivity contribution is 5.96. The van der Waals surface area contributed by atoms with Crippen LogP contribution in [-0.4, -0.2) is 32.1 Å². The van der Waals surface area contributed by atoms with Gasteiger partial charge in [0, 0.05) is 13.1 Å². The van der Waals surface area contributed by atoms with Gasteiger partial charge in [0.25, 0.3) is 5.91 Å². The van der Waals surface area contributed by atoms with Gasteiger partial charge >= 0.3 is 0 Å². The molecule has 0 aromatic heterocycles. The maximum atomic E-state index is 11.9. The van der Waals surface area contributed by atoms with E-state index in [1.807, 2.05) is 32.0 Å². The number of carbonyl (C=O) groups is 1. The largest absolute Gasteiger partial charge is 0.493 e. The molecule has 0 aliphatic rings. The molecule has 0 fully saturated rings. The van der Waals surface area contributed by atoms with Crippen molar-refractivity contribution in [2.45, 2.75) is 13.8 Å². The Hall–Kier alpha value is -1.26. The van der Waals surface area contributed by atoms with Crippen LogP contribution in [0.15, 0.2) is 24.3 Å². The molecular weight excluding hydrogens is 252 g/mol. The van der Waals surface area contributed by atoms with E-state index in [9.17, 15) is 4.79 Å². The molecule has 0 heterocycles. The molecule has 0 atom stereocenters. The van der Waals surface area contributed by atoms with Crippen molar-refractivity contribution in [3.63, 3.8) is 0 Å². The van der Waals surface area contributed by atoms with E-state index in [4.69, 9.17) is 4.74 Å². The summed E-state index contributed by atoms with van der Waals surface area (Å²) in [6.07, 6.45) is 0. The van der Waals surface area contributed by atoms with Crippen molar-refractivity contribution in [3.05, 3.63) is 29.8 Å². The average Bonchev–Trinajstić information content (AvgIpc) is 2.35. The molecule has 0 spiro atoms. The third kappa shape index (κ3) is 5.38. The van der Waals surface area contributed by atoms with Crippen molar-refractivity contribution in [3.8, 4) is 5.75 Å². The van der Waals surface area contributed by atoms with Crippen LogP contribution in [0, 0.1) is 0 Å². The molecule has 18 heavy (non-hydrogen) atoms. The lowest BCUT2D eigenvalue weighted by Gasteiger charge is -2.10. The molecule has 2 N–H and O–H groups in total. The molecule has 0 aliphatic carbocycles. The minimum atomic E-state index is -0.0908. The second-order valence-corrected chi connectivity index (χ2v) is 3.54. The highest BCUT2D eigenvalue weighted by Crippen LogP contribution is 2.17. The van der Waals surface area contributed by atoms with E-state index in [1.54, 1.807) is 6.07 Å². The Morgan fingerprint density at radius 1 is 1.22 bits per heavy atom. The number of hydrogen-bond donors (Lipinski definition) is 2. The van der Waals surface area contributed by atoms with Crippen molar-refractivity contribution in [1.29, 1.82) is 0 Å². The van der Waals surface area contributed by atoms with E-state index >= 15 is 0 Å². The van der Waals surface area contributed by atoms with Gasteiger partial charge in [0.15, 0.2) is 0 Å². The number of benzene rings is 1. The second-order valence-electron chi connectivity index (χ2n) is 3.54. The average molecular weight is 273 g/mol. The summed E-state index contributed by atoms with van der Waals surface area (Å²) in [4.78, 5) is 11.9. The molecule has 0 unspecified atom stereocenters. The first-order chi connectivity index (χ1) is 8.29. The normalized spacial score (nSPS) is 9.44. The molecular formula is C13H21ClN2O2. The standard InChI is InChI=1S/C13H20N2O2.ClH/c1-3-14-9-10-15-13(16)11-7-5-6-8-12(11)17-4-2;/h5-8,14H,3-4,9-10H2,1-2H3,(H,15,16);1H. The van der Waals surface area contributed by atoms with E-state index in [0.717, 1.165) is 13.1 Å². The first-order valence-electron chi connectivity index (χ1n) is 6.00. The van der Waals surface area contributed by atoms with Crippen LogP contribution in [0.4, 0.5) is 0 Å². The maximum absolute atomic E-state index is 11.9. The van der Waals surface area contributed by atoms with Crippen LogP contribution in [0.3, 0.4) is 0 Å². The summed E-state index contributed by atoms with van der Waals surface area (Å²) in [7, 11) is 0. The van der Waals surface area contributed by atoms with Crippen LogP contribution in [0.1, 0.15) is 24.2 Å². The lowest BCUT2D eigenvalue weighted by molar-refractivity contribution is 0.0950. The molecule has 0 bridgehead atoms. The van der Waals surface area contributed by atoms with Crippen molar-refractivity contribution in [2.24, 2.45) is 0 Å². The minimum Gasteiger partial charge on any atom is -0.493 e. The van der Waals surface area contributed by atoms with Gasteiger partial charge in [-0.2, -0.15) is 0 Å². The predicted octanol–water partition coefficient (Wildman–Crippen LogP) is 1.85. The molecule has 5 heteroatoms. The first kappa shape index (κ1) is 16.7. The van der Waals surface area contributed by atoms with Crippen LogP contribution in [0.5, 0.6) is 5.75 Å². The lowest BCUT2D eigenvalue weighted by Crippen LogP contribution is -2.31. The summed E-state index contributed by atoms with van der Waals surface area (Å²) in [6.45, 7) is 6.80. The SMILES string of the molecule is CCNCCNC(=O)c1ccccc1OCC.Cl. The molecule has 0 saturated heterocycles. The Balaban J connectivity index is 0.00000289. The Morgan fingerprint density at radius 2 is 1.94 bits per heavy atom. The van der Waals surface area contributed by atoms with Gasteiger partial charge < -0.3 is 15.4 Å². The van der Waals surface area contributed by atoms with Crippen LogP contribution in [0.25, 0.3) is 0 Å². The fourth-order valence-corrected chi connectivity index (χ4v) is 1.47. The zero-order valence-corrected chi connectivity index (χ0v) is 11.7. The molecule has 1 aromatic rings. The van der Waals surface area contributed by atoms with Crippen molar-refractivity contribution >= 4 is 18.3 Å². The smallest absolute Gasteiger partial charge is 0.255 e. The van der Waals surface area contributed by atoms with Gasteiger partial charge in [-0.15, -0.1) is 12.4 Å². The van der Waals surface area contributed by atoms with Gasteiger partial charge in [-0.05, 0) is 25.6 Å². The molecule has 102 valence electrons. The number of halogens is 1. The van der Waals surface area contributed by atoms with E-state index in [2.05, 4.69) is 10.6 Å². The fraction of sp³-hybridized carbons (Fsp3) is 0.462. The Kier molecular flexibility index (Phi) is 9.06. The lowest BCUT2D eigenvalue weighted by atomic mass is 10.2. The number of nitrogens with one attached hydrogen (secondary N) is 2. The summed E-state index contributed by atoms with van der Waals surface area (Å²) >= 11 is 0. The summed E-state index contributed by atoms with van der Waals surface area (Å²) in [5.74, 6) is 0.544. The van der Waals surface area contributed by atoms with E-state index in [1.165, 1.54) is 0 Å². The van der Waals surface area contributed by atoms with Crippen molar-refractivity contribution in [1.82, 2.24) is 10.6 Å². The third-order valence-electron chi connectivity index (χ3n) is 2.27. The van der Waals surface area contributed by atoms with Gasteiger partial charge in [0.1, 0.15) is 5.75 Å². The maximum Gasteiger partial charge on any atom is 0.255 e. The second kappa shape index (κ2) is 9.74. The van der Waals surface area contributed by atoms with E-state index in [0.29, 0.717) is 24.5 Å². The van der Waals surface area contributed by atoms with Gasteiger partial charge in [-0.25, -0.2) is 0 Å². The molecule has 1 rings (SSSR count). The topological polar surface area (TPSA) is 50.4 Å². The van der Waals surface area contributed by atoms with Gasteiger partial charge in [0.2, 0.25) is 0 Å². The Labute approximate surface area is 115 Å². The molecule has 0 radical (unpaired) electrons.